The first kappa shape index (κ1) is 11.6. The lowest BCUT2D eigenvalue weighted by Crippen LogP contribution is -1.99. The van der Waals surface area contributed by atoms with Crippen LogP contribution in [0.4, 0.5) is 4.39 Å². The third-order valence-corrected chi connectivity index (χ3v) is 2.45. The van der Waals surface area contributed by atoms with E-state index in [4.69, 9.17) is 9.84 Å². The summed E-state index contributed by atoms with van der Waals surface area (Å²) in [7, 11) is 0. The fourth-order valence-electron chi connectivity index (χ4n) is 1.53. The standard InChI is InChI=1S/C14H13FO2/c15-14-12(9-16)7-4-8-13(14)17-10-11-5-2-1-3-6-11/h1-8,16H,9-10H2. The van der Waals surface area contributed by atoms with Gasteiger partial charge in [0.05, 0.1) is 6.61 Å². The third-order valence-electron chi connectivity index (χ3n) is 2.45. The molecule has 0 saturated carbocycles. The molecule has 88 valence electrons. The highest BCUT2D eigenvalue weighted by atomic mass is 19.1. The molecular weight excluding hydrogens is 219 g/mol. The van der Waals surface area contributed by atoms with Gasteiger partial charge in [-0.05, 0) is 11.6 Å². The molecule has 0 unspecified atom stereocenters. The van der Waals surface area contributed by atoms with Crippen molar-refractivity contribution < 1.29 is 14.2 Å². The van der Waals surface area contributed by atoms with Gasteiger partial charge < -0.3 is 9.84 Å². The Labute approximate surface area is 99.3 Å². The van der Waals surface area contributed by atoms with E-state index >= 15 is 0 Å². The van der Waals surface area contributed by atoms with Gasteiger partial charge in [0.15, 0.2) is 11.6 Å². The van der Waals surface area contributed by atoms with Crippen LogP contribution < -0.4 is 4.74 Å². The summed E-state index contributed by atoms with van der Waals surface area (Å²) in [6.07, 6.45) is 0. The van der Waals surface area contributed by atoms with E-state index < -0.39 is 5.82 Å². The van der Waals surface area contributed by atoms with Gasteiger partial charge in [-0.2, -0.15) is 0 Å². The first-order chi connectivity index (χ1) is 8.31. The lowest BCUT2D eigenvalue weighted by Gasteiger charge is -2.09. The molecule has 0 aromatic heterocycles. The first-order valence-corrected chi connectivity index (χ1v) is 5.36. The van der Waals surface area contributed by atoms with Crippen LogP contribution in [0.5, 0.6) is 5.75 Å². The number of rotatable bonds is 4. The van der Waals surface area contributed by atoms with E-state index in [1.54, 1.807) is 12.1 Å². The second-order valence-electron chi connectivity index (χ2n) is 3.66. The van der Waals surface area contributed by atoms with E-state index in [1.807, 2.05) is 30.3 Å². The quantitative estimate of drug-likeness (QED) is 0.878. The van der Waals surface area contributed by atoms with Crippen LogP contribution in [0.15, 0.2) is 48.5 Å². The Morgan fingerprint density at radius 1 is 1.00 bits per heavy atom. The van der Waals surface area contributed by atoms with E-state index in [0.29, 0.717) is 6.61 Å². The summed E-state index contributed by atoms with van der Waals surface area (Å²) in [4.78, 5) is 0. The smallest absolute Gasteiger partial charge is 0.170 e. The summed E-state index contributed by atoms with van der Waals surface area (Å²) in [5.74, 6) is -0.327. The molecule has 0 aliphatic rings. The SMILES string of the molecule is OCc1cccc(OCc2ccccc2)c1F. The van der Waals surface area contributed by atoms with E-state index in [0.717, 1.165) is 5.56 Å². The van der Waals surface area contributed by atoms with Crippen molar-refractivity contribution in [3.63, 3.8) is 0 Å². The average molecular weight is 232 g/mol. The number of hydrogen-bond acceptors (Lipinski definition) is 2. The molecule has 0 radical (unpaired) electrons. The van der Waals surface area contributed by atoms with Gasteiger partial charge in [-0.1, -0.05) is 42.5 Å². The Bertz CT molecular complexity index is 483. The maximum Gasteiger partial charge on any atom is 0.170 e. The van der Waals surface area contributed by atoms with Gasteiger partial charge in [-0.3, -0.25) is 0 Å². The summed E-state index contributed by atoms with van der Waals surface area (Å²) < 4.78 is 19.1. The van der Waals surface area contributed by atoms with Crippen LogP contribution in [-0.2, 0) is 13.2 Å². The summed E-state index contributed by atoms with van der Waals surface area (Å²) in [6.45, 7) is -0.0129. The molecule has 0 spiro atoms. The Balaban J connectivity index is 2.09. The molecule has 2 rings (SSSR count). The number of ether oxygens (including phenoxy) is 1. The maximum atomic E-state index is 13.7. The zero-order chi connectivity index (χ0) is 12.1. The Morgan fingerprint density at radius 3 is 2.47 bits per heavy atom. The minimum atomic E-state index is -0.495. The van der Waals surface area contributed by atoms with Crippen molar-refractivity contribution in [1.82, 2.24) is 0 Å². The van der Waals surface area contributed by atoms with Crippen molar-refractivity contribution >= 4 is 0 Å². The van der Waals surface area contributed by atoms with Gasteiger partial charge >= 0.3 is 0 Å². The van der Waals surface area contributed by atoms with Gasteiger partial charge in [0.25, 0.3) is 0 Å². The van der Waals surface area contributed by atoms with E-state index in [9.17, 15) is 4.39 Å². The van der Waals surface area contributed by atoms with Crippen molar-refractivity contribution in [2.75, 3.05) is 0 Å². The zero-order valence-corrected chi connectivity index (χ0v) is 9.27. The fourth-order valence-corrected chi connectivity index (χ4v) is 1.53. The fraction of sp³-hybridized carbons (Fsp3) is 0.143. The number of halogens is 1. The molecule has 1 N–H and O–H groups in total. The topological polar surface area (TPSA) is 29.5 Å². The van der Waals surface area contributed by atoms with Crippen LogP contribution in [0.25, 0.3) is 0 Å². The van der Waals surface area contributed by atoms with Crippen LogP contribution in [0.2, 0.25) is 0 Å². The largest absolute Gasteiger partial charge is 0.486 e. The van der Waals surface area contributed by atoms with Crippen LogP contribution in [0.1, 0.15) is 11.1 Å². The Hall–Kier alpha value is -1.87. The lowest BCUT2D eigenvalue weighted by atomic mass is 10.2. The first-order valence-electron chi connectivity index (χ1n) is 5.36. The van der Waals surface area contributed by atoms with Crippen LogP contribution in [-0.4, -0.2) is 5.11 Å². The van der Waals surface area contributed by atoms with Crippen molar-refractivity contribution in [3.8, 4) is 5.75 Å². The van der Waals surface area contributed by atoms with E-state index in [-0.39, 0.29) is 17.9 Å². The van der Waals surface area contributed by atoms with Gasteiger partial charge in [0, 0.05) is 5.56 Å². The van der Waals surface area contributed by atoms with Crippen LogP contribution in [0, 0.1) is 5.82 Å². The van der Waals surface area contributed by atoms with Gasteiger partial charge in [0.2, 0.25) is 0 Å². The second kappa shape index (κ2) is 5.46. The normalized spacial score (nSPS) is 10.2. The molecule has 0 aliphatic carbocycles. The van der Waals surface area contributed by atoms with Crippen molar-refractivity contribution in [2.45, 2.75) is 13.2 Å². The highest BCUT2D eigenvalue weighted by Crippen LogP contribution is 2.21. The Morgan fingerprint density at radius 2 is 1.76 bits per heavy atom. The molecule has 0 atom stereocenters. The van der Waals surface area contributed by atoms with Crippen molar-refractivity contribution in [1.29, 1.82) is 0 Å². The number of aliphatic hydroxyl groups is 1. The van der Waals surface area contributed by atoms with Crippen molar-refractivity contribution in [2.24, 2.45) is 0 Å². The second-order valence-corrected chi connectivity index (χ2v) is 3.66. The summed E-state index contributed by atoms with van der Waals surface area (Å²) >= 11 is 0. The molecular formula is C14H13FO2. The molecule has 0 bridgehead atoms. The lowest BCUT2D eigenvalue weighted by molar-refractivity contribution is 0.263. The molecule has 2 aromatic carbocycles. The van der Waals surface area contributed by atoms with Crippen LogP contribution >= 0.6 is 0 Å². The van der Waals surface area contributed by atoms with Gasteiger partial charge in [-0.15, -0.1) is 0 Å². The number of benzene rings is 2. The number of hydrogen-bond donors (Lipinski definition) is 1. The zero-order valence-electron chi connectivity index (χ0n) is 9.27. The summed E-state index contributed by atoms with van der Waals surface area (Å²) in [6, 6.07) is 14.3. The monoisotopic (exact) mass is 232 g/mol. The number of aliphatic hydroxyl groups excluding tert-OH is 1. The minimum Gasteiger partial charge on any atom is -0.486 e. The molecule has 0 heterocycles. The molecule has 3 heteroatoms. The predicted molar refractivity (Wildman–Crippen MR) is 63.1 cm³/mol. The van der Waals surface area contributed by atoms with Crippen LogP contribution in [0.3, 0.4) is 0 Å². The third kappa shape index (κ3) is 2.82. The average Bonchev–Trinajstić information content (AvgIpc) is 2.39. The molecule has 0 aliphatic heterocycles. The summed E-state index contributed by atoms with van der Waals surface area (Å²) in [5.41, 5.74) is 1.22. The highest BCUT2D eigenvalue weighted by Gasteiger charge is 2.08. The van der Waals surface area contributed by atoms with E-state index in [1.165, 1.54) is 6.07 Å². The van der Waals surface area contributed by atoms with Gasteiger partial charge in [-0.25, -0.2) is 4.39 Å². The summed E-state index contributed by atoms with van der Waals surface area (Å²) in [5, 5.41) is 8.93. The molecule has 0 fully saturated rings. The Kier molecular flexibility index (Phi) is 3.73. The molecule has 2 nitrogen and oxygen atoms in total. The predicted octanol–water partition coefficient (Wildman–Crippen LogP) is 2.90. The molecule has 17 heavy (non-hydrogen) atoms. The molecule has 2 aromatic rings. The molecule has 0 saturated heterocycles. The minimum absolute atomic E-state index is 0.167. The highest BCUT2D eigenvalue weighted by molar-refractivity contribution is 5.31. The maximum absolute atomic E-state index is 13.7. The van der Waals surface area contributed by atoms with Crippen molar-refractivity contribution in [3.05, 3.63) is 65.5 Å². The van der Waals surface area contributed by atoms with Gasteiger partial charge in [0.1, 0.15) is 6.61 Å². The van der Waals surface area contributed by atoms with E-state index in [2.05, 4.69) is 0 Å². The molecule has 0 amide bonds.